The quantitative estimate of drug-likeness (QED) is 0.902. The Hall–Kier alpha value is -2.25. The van der Waals surface area contributed by atoms with E-state index in [0.29, 0.717) is 25.2 Å². The molecule has 2 aromatic rings. The summed E-state index contributed by atoms with van der Waals surface area (Å²) in [6, 6.07) is 0. The first-order valence-electron chi connectivity index (χ1n) is 7.02. The molecule has 2 aromatic heterocycles. The number of tetrazole rings is 1. The van der Waals surface area contributed by atoms with Crippen molar-refractivity contribution in [1.29, 1.82) is 0 Å². The van der Waals surface area contributed by atoms with E-state index in [0.717, 1.165) is 24.1 Å². The van der Waals surface area contributed by atoms with Crippen molar-refractivity contribution in [1.82, 2.24) is 30.0 Å². The summed E-state index contributed by atoms with van der Waals surface area (Å²) in [5.41, 5.74) is 0.908. The molecule has 0 radical (unpaired) electrons. The lowest BCUT2D eigenvalue weighted by Crippen LogP contribution is -2.33. The average Bonchev–Trinajstić information content (AvgIpc) is 3.11. The standard InChI is InChI=1S/C13H18N6O2/c1-9-10(7-18(2)15-9)11-14-16-17-19(11)8-13(12(20)21)5-3-4-6-13/h7H,3-6,8H2,1-2H3,(H,20,21). The lowest BCUT2D eigenvalue weighted by molar-refractivity contribution is -0.149. The maximum absolute atomic E-state index is 11.7. The molecule has 3 rings (SSSR count). The van der Waals surface area contributed by atoms with Crippen LogP contribution in [-0.2, 0) is 18.4 Å². The van der Waals surface area contributed by atoms with E-state index in [4.69, 9.17) is 0 Å². The minimum absolute atomic E-state index is 0.305. The van der Waals surface area contributed by atoms with E-state index >= 15 is 0 Å². The first kappa shape index (κ1) is 13.7. The molecule has 1 aliphatic rings. The second-order valence-electron chi connectivity index (χ2n) is 5.75. The third-order valence-corrected chi connectivity index (χ3v) is 4.25. The Labute approximate surface area is 121 Å². The van der Waals surface area contributed by atoms with E-state index in [1.165, 1.54) is 0 Å². The molecule has 1 N–H and O–H groups in total. The highest BCUT2D eigenvalue weighted by atomic mass is 16.4. The zero-order valence-electron chi connectivity index (χ0n) is 12.2. The highest BCUT2D eigenvalue weighted by molar-refractivity contribution is 5.75. The Morgan fingerprint density at radius 3 is 2.71 bits per heavy atom. The minimum Gasteiger partial charge on any atom is -0.481 e. The van der Waals surface area contributed by atoms with Crippen molar-refractivity contribution in [2.45, 2.75) is 39.2 Å². The van der Waals surface area contributed by atoms with Crippen LogP contribution in [0.25, 0.3) is 11.4 Å². The topological polar surface area (TPSA) is 98.7 Å². The Bertz CT molecular complexity index is 668. The summed E-state index contributed by atoms with van der Waals surface area (Å²) in [7, 11) is 1.83. The van der Waals surface area contributed by atoms with Crippen molar-refractivity contribution >= 4 is 5.97 Å². The van der Waals surface area contributed by atoms with Gasteiger partial charge in [-0.15, -0.1) is 5.10 Å². The maximum atomic E-state index is 11.7. The molecule has 0 amide bonds. The summed E-state index contributed by atoms with van der Waals surface area (Å²) in [6.07, 6.45) is 5.08. The van der Waals surface area contributed by atoms with Crippen LogP contribution in [0, 0.1) is 12.3 Å². The number of aliphatic carboxylic acids is 1. The summed E-state index contributed by atoms with van der Waals surface area (Å²) < 4.78 is 3.30. The number of aryl methyl sites for hydroxylation is 2. The molecule has 1 fully saturated rings. The SMILES string of the molecule is Cc1nn(C)cc1-c1nnnn1CC1(C(=O)O)CCCC1. The summed E-state index contributed by atoms with van der Waals surface area (Å²) >= 11 is 0. The molecule has 1 aliphatic carbocycles. The fourth-order valence-corrected chi connectivity index (χ4v) is 3.10. The van der Waals surface area contributed by atoms with Crippen molar-refractivity contribution in [3.05, 3.63) is 11.9 Å². The van der Waals surface area contributed by atoms with Crippen LogP contribution in [-0.4, -0.2) is 41.1 Å². The number of carboxylic acids is 1. The van der Waals surface area contributed by atoms with Crippen molar-refractivity contribution in [2.75, 3.05) is 0 Å². The highest BCUT2D eigenvalue weighted by Crippen LogP contribution is 2.40. The number of hydrogen-bond donors (Lipinski definition) is 1. The van der Waals surface area contributed by atoms with Crippen LogP contribution < -0.4 is 0 Å². The van der Waals surface area contributed by atoms with E-state index < -0.39 is 11.4 Å². The molecule has 2 heterocycles. The number of rotatable bonds is 4. The van der Waals surface area contributed by atoms with E-state index in [1.807, 2.05) is 20.2 Å². The fourth-order valence-electron chi connectivity index (χ4n) is 3.10. The van der Waals surface area contributed by atoms with Crippen LogP contribution in [0.1, 0.15) is 31.4 Å². The van der Waals surface area contributed by atoms with Crippen molar-refractivity contribution < 1.29 is 9.90 Å². The summed E-state index contributed by atoms with van der Waals surface area (Å²) in [4.78, 5) is 11.7. The molecule has 0 spiro atoms. The molecule has 0 aliphatic heterocycles. The normalized spacial score (nSPS) is 17.2. The van der Waals surface area contributed by atoms with Crippen LogP contribution in [0.5, 0.6) is 0 Å². The number of nitrogens with zero attached hydrogens (tertiary/aromatic N) is 6. The van der Waals surface area contributed by atoms with Gasteiger partial charge in [-0.25, -0.2) is 4.68 Å². The van der Waals surface area contributed by atoms with Gasteiger partial charge < -0.3 is 5.11 Å². The molecule has 1 saturated carbocycles. The van der Waals surface area contributed by atoms with E-state index in [2.05, 4.69) is 20.6 Å². The number of aromatic nitrogens is 6. The summed E-state index contributed by atoms with van der Waals surface area (Å²) in [5.74, 6) is -0.183. The van der Waals surface area contributed by atoms with Gasteiger partial charge in [0, 0.05) is 13.2 Å². The lowest BCUT2D eigenvalue weighted by Gasteiger charge is -2.23. The van der Waals surface area contributed by atoms with Gasteiger partial charge in [-0.2, -0.15) is 5.10 Å². The second kappa shape index (κ2) is 4.94. The van der Waals surface area contributed by atoms with Gasteiger partial charge in [0.2, 0.25) is 0 Å². The lowest BCUT2D eigenvalue weighted by atomic mass is 9.86. The van der Waals surface area contributed by atoms with Gasteiger partial charge in [0.05, 0.1) is 23.2 Å². The number of carbonyl (C=O) groups is 1. The number of hydrogen-bond acceptors (Lipinski definition) is 5. The average molecular weight is 290 g/mol. The molecule has 0 unspecified atom stereocenters. The Morgan fingerprint density at radius 1 is 1.43 bits per heavy atom. The molecule has 8 heteroatoms. The molecule has 0 bridgehead atoms. The summed E-state index contributed by atoms with van der Waals surface area (Å²) in [6.45, 7) is 2.19. The summed E-state index contributed by atoms with van der Waals surface area (Å²) in [5, 5.41) is 25.6. The Balaban J connectivity index is 1.96. The predicted molar refractivity (Wildman–Crippen MR) is 73.3 cm³/mol. The molecule has 112 valence electrons. The molecule has 0 saturated heterocycles. The van der Waals surface area contributed by atoms with Gasteiger partial charge in [-0.05, 0) is 30.2 Å². The predicted octanol–water partition coefficient (Wildman–Crippen LogP) is 1.03. The van der Waals surface area contributed by atoms with Crippen LogP contribution in [0.3, 0.4) is 0 Å². The molecular formula is C13H18N6O2. The van der Waals surface area contributed by atoms with Crippen LogP contribution in [0.15, 0.2) is 6.20 Å². The largest absolute Gasteiger partial charge is 0.481 e. The van der Waals surface area contributed by atoms with Gasteiger partial charge in [0.1, 0.15) is 0 Å². The van der Waals surface area contributed by atoms with Crippen molar-refractivity contribution in [3.63, 3.8) is 0 Å². The Kier molecular flexibility index (Phi) is 3.23. The monoisotopic (exact) mass is 290 g/mol. The van der Waals surface area contributed by atoms with Gasteiger partial charge in [0.25, 0.3) is 0 Å². The molecule has 0 atom stereocenters. The van der Waals surface area contributed by atoms with Crippen LogP contribution in [0.2, 0.25) is 0 Å². The molecule has 8 nitrogen and oxygen atoms in total. The molecule has 0 aromatic carbocycles. The zero-order chi connectivity index (χ0) is 15.0. The number of carboxylic acid groups (broad SMARTS) is 1. The maximum Gasteiger partial charge on any atom is 0.311 e. The Morgan fingerprint density at radius 2 is 2.14 bits per heavy atom. The van der Waals surface area contributed by atoms with E-state index in [1.54, 1.807) is 9.36 Å². The third kappa shape index (κ3) is 2.30. The van der Waals surface area contributed by atoms with Gasteiger partial charge in [-0.3, -0.25) is 9.48 Å². The van der Waals surface area contributed by atoms with Crippen molar-refractivity contribution in [3.8, 4) is 11.4 Å². The highest BCUT2D eigenvalue weighted by Gasteiger charge is 2.42. The molecular weight excluding hydrogens is 272 g/mol. The first-order valence-corrected chi connectivity index (χ1v) is 7.02. The van der Waals surface area contributed by atoms with Crippen LogP contribution in [0.4, 0.5) is 0 Å². The zero-order valence-corrected chi connectivity index (χ0v) is 12.2. The minimum atomic E-state index is -0.760. The van der Waals surface area contributed by atoms with Gasteiger partial charge in [-0.1, -0.05) is 12.8 Å². The van der Waals surface area contributed by atoms with Crippen molar-refractivity contribution in [2.24, 2.45) is 12.5 Å². The smallest absolute Gasteiger partial charge is 0.311 e. The van der Waals surface area contributed by atoms with Gasteiger partial charge in [0.15, 0.2) is 5.82 Å². The van der Waals surface area contributed by atoms with Crippen LogP contribution >= 0.6 is 0 Å². The van der Waals surface area contributed by atoms with E-state index in [-0.39, 0.29) is 0 Å². The second-order valence-corrected chi connectivity index (χ2v) is 5.75. The van der Waals surface area contributed by atoms with Gasteiger partial charge >= 0.3 is 5.97 Å². The first-order chi connectivity index (χ1) is 10.0. The fraction of sp³-hybridized carbons (Fsp3) is 0.615. The molecule has 21 heavy (non-hydrogen) atoms. The third-order valence-electron chi connectivity index (χ3n) is 4.25. The van der Waals surface area contributed by atoms with E-state index in [9.17, 15) is 9.90 Å².